The maximum absolute atomic E-state index is 10.6. The molecule has 0 saturated heterocycles. The molecule has 0 fully saturated rings. The number of rotatable bonds is 2. The molecule has 0 atom stereocenters. The van der Waals surface area contributed by atoms with Crippen LogP contribution in [0.3, 0.4) is 0 Å². The Morgan fingerprint density at radius 2 is 1.29 bits per heavy atom. The Kier molecular flexibility index (Phi) is 4.41. The molecular weight excluding hydrogens is 504 g/mol. The van der Waals surface area contributed by atoms with Crippen LogP contribution in [-0.4, -0.2) is 24.9 Å². The number of nitrogens with zero attached hydrogens (tertiary/aromatic N) is 3. The molecule has 3 heterocycles. The van der Waals surface area contributed by atoms with Gasteiger partial charge in [0.05, 0.1) is 22.2 Å². The zero-order chi connectivity index (χ0) is 27.1. The fourth-order valence-electron chi connectivity index (χ4n) is 6.28. The van der Waals surface area contributed by atoms with Gasteiger partial charge in [-0.25, -0.2) is 9.67 Å². The number of nitrogens with one attached hydrogen (secondary N) is 1. The standard InChI is InChI=1S/C36H22N4O/c41-32-17-6-11-24-18-23-10-5-16-31(33(23)38-34(24)32)40-30-15-4-3-12-26(30)36(39-40)27-14-7-13-25-28-19-21-8-1-2-9-22(21)20-29(28)37-35(25)27/h1-20,37,41H. The summed E-state index contributed by atoms with van der Waals surface area (Å²) < 4.78 is 1.99. The quantitative estimate of drug-likeness (QED) is 0.221. The van der Waals surface area contributed by atoms with Crippen LogP contribution in [0.15, 0.2) is 121 Å². The summed E-state index contributed by atoms with van der Waals surface area (Å²) in [6.45, 7) is 0. The smallest absolute Gasteiger partial charge is 0.141 e. The van der Waals surface area contributed by atoms with Gasteiger partial charge in [-0.2, -0.15) is 5.10 Å². The normalized spacial score (nSPS) is 12.0. The highest BCUT2D eigenvalue weighted by atomic mass is 16.3. The third-order valence-corrected chi connectivity index (χ3v) is 8.20. The Balaban J connectivity index is 1.33. The largest absolute Gasteiger partial charge is 0.506 e. The van der Waals surface area contributed by atoms with Crippen LogP contribution in [0.4, 0.5) is 0 Å². The molecule has 3 aromatic heterocycles. The number of phenols is 1. The molecule has 0 aliphatic carbocycles. The Labute approximate surface area is 233 Å². The molecule has 0 unspecified atom stereocenters. The Morgan fingerprint density at radius 1 is 0.585 bits per heavy atom. The van der Waals surface area contributed by atoms with Gasteiger partial charge in [-0.1, -0.05) is 84.9 Å². The molecule has 0 saturated carbocycles. The maximum atomic E-state index is 10.6. The van der Waals surface area contributed by atoms with Gasteiger partial charge in [0.1, 0.15) is 17.0 Å². The van der Waals surface area contributed by atoms with Crippen molar-refractivity contribution in [3.8, 4) is 22.7 Å². The third kappa shape index (κ3) is 3.17. The fraction of sp³-hybridized carbons (Fsp3) is 0. The summed E-state index contributed by atoms with van der Waals surface area (Å²) in [6.07, 6.45) is 0. The van der Waals surface area contributed by atoms with Crippen molar-refractivity contribution in [3.63, 3.8) is 0 Å². The molecule has 5 nitrogen and oxygen atoms in total. The molecule has 9 aromatic rings. The Hall–Kier alpha value is -5.68. The molecule has 5 heteroatoms. The number of fused-ring (bicyclic) bond motifs is 7. The molecule has 0 aliphatic heterocycles. The molecule has 0 spiro atoms. The third-order valence-electron chi connectivity index (χ3n) is 8.20. The SMILES string of the molecule is Oc1cccc2cc3cccc(-n4nc(-c5cccc6c5[nH]c5cc7ccccc7cc56)c5ccccc54)c3nc12. The first-order valence-electron chi connectivity index (χ1n) is 13.7. The molecule has 0 aliphatic rings. The van der Waals surface area contributed by atoms with Crippen molar-refractivity contribution >= 4 is 65.3 Å². The maximum Gasteiger partial charge on any atom is 0.141 e. The number of aromatic amines is 1. The van der Waals surface area contributed by atoms with Gasteiger partial charge in [0.2, 0.25) is 0 Å². The Bertz CT molecular complexity index is 2500. The van der Waals surface area contributed by atoms with E-state index in [0.29, 0.717) is 5.52 Å². The molecule has 2 N–H and O–H groups in total. The second-order valence-corrected chi connectivity index (χ2v) is 10.6. The zero-order valence-corrected chi connectivity index (χ0v) is 21.8. The van der Waals surface area contributed by atoms with Gasteiger partial charge in [0, 0.05) is 38.0 Å². The van der Waals surface area contributed by atoms with Crippen molar-refractivity contribution in [1.29, 1.82) is 0 Å². The molecule has 41 heavy (non-hydrogen) atoms. The van der Waals surface area contributed by atoms with Gasteiger partial charge in [-0.15, -0.1) is 0 Å². The van der Waals surface area contributed by atoms with E-state index in [4.69, 9.17) is 10.1 Å². The van der Waals surface area contributed by atoms with Gasteiger partial charge in [0.25, 0.3) is 0 Å². The van der Waals surface area contributed by atoms with Crippen LogP contribution in [0.1, 0.15) is 0 Å². The summed E-state index contributed by atoms with van der Waals surface area (Å²) in [5, 5.41) is 23.6. The first kappa shape index (κ1) is 22.2. The highest BCUT2D eigenvalue weighted by Crippen LogP contribution is 2.38. The number of aromatic hydroxyl groups is 1. The average Bonchev–Trinajstić information content (AvgIpc) is 3.57. The zero-order valence-electron chi connectivity index (χ0n) is 21.8. The van der Waals surface area contributed by atoms with E-state index < -0.39 is 0 Å². The van der Waals surface area contributed by atoms with E-state index in [1.165, 1.54) is 21.5 Å². The van der Waals surface area contributed by atoms with E-state index >= 15 is 0 Å². The minimum Gasteiger partial charge on any atom is -0.506 e. The molecule has 0 radical (unpaired) electrons. The van der Waals surface area contributed by atoms with Gasteiger partial charge in [-0.3, -0.25) is 0 Å². The van der Waals surface area contributed by atoms with E-state index in [-0.39, 0.29) is 5.75 Å². The number of pyridine rings is 1. The molecule has 0 bridgehead atoms. The van der Waals surface area contributed by atoms with Crippen LogP contribution in [0, 0.1) is 0 Å². The average molecular weight is 527 g/mol. The number of H-pyrrole nitrogens is 1. The highest BCUT2D eigenvalue weighted by Gasteiger charge is 2.19. The van der Waals surface area contributed by atoms with Crippen LogP contribution >= 0.6 is 0 Å². The molecule has 6 aromatic carbocycles. The minimum atomic E-state index is 0.170. The van der Waals surface area contributed by atoms with Crippen molar-refractivity contribution in [2.45, 2.75) is 0 Å². The second-order valence-electron chi connectivity index (χ2n) is 10.6. The summed E-state index contributed by atoms with van der Waals surface area (Å²) in [5.74, 6) is 0.170. The highest BCUT2D eigenvalue weighted by molar-refractivity contribution is 6.16. The van der Waals surface area contributed by atoms with E-state index in [2.05, 4.69) is 89.9 Å². The summed E-state index contributed by atoms with van der Waals surface area (Å²) in [7, 11) is 0. The van der Waals surface area contributed by atoms with E-state index in [1.807, 2.05) is 35.0 Å². The topological polar surface area (TPSA) is 66.7 Å². The van der Waals surface area contributed by atoms with Crippen molar-refractivity contribution in [2.24, 2.45) is 0 Å². The monoisotopic (exact) mass is 526 g/mol. The van der Waals surface area contributed by atoms with Crippen LogP contribution in [0.5, 0.6) is 5.75 Å². The number of hydrogen-bond donors (Lipinski definition) is 2. The molecule has 0 amide bonds. The van der Waals surface area contributed by atoms with E-state index in [9.17, 15) is 5.11 Å². The number of phenolic OH excluding ortho intramolecular Hbond substituents is 1. The van der Waals surface area contributed by atoms with Gasteiger partial charge >= 0.3 is 0 Å². The van der Waals surface area contributed by atoms with Crippen LogP contribution in [0.25, 0.3) is 82.2 Å². The summed E-state index contributed by atoms with van der Waals surface area (Å²) in [5.41, 5.74) is 7.37. The molecule has 192 valence electrons. The van der Waals surface area contributed by atoms with Crippen LogP contribution in [-0.2, 0) is 0 Å². The summed E-state index contributed by atoms with van der Waals surface area (Å²) in [4.78, 5) is 8.65. The summed E-state index contributed by atoms with van der Waals surface area (Å²) in [6, 6.07) is 41.4. The predicted molar refractivity (Wildman–Crippen MR) is 168 cm³/mol. The van der Waals surface area contributed by atoms with Crippen molar-refractivity contribution in [2.75, 3.05) is 0 Å². The van der Waals surface area contributed by atoms with Crippen LogP contribution in [0.2, 0.25) is 0 Å². The number of para-hydroxylation sites is 4. The van der Waals surface area contributed by atoms with Crippen molar-refractivity contribution in [1.82, 2.24) is 19.7 Å². The van der Waals surface area contributed by atoms with Crippen LogP contribution < -0.4 is 0 Å². The van der Waals surface area contributed by atoms with E-state index in [1.54, 1.807) is 6.07 Å². The van der Waals surface area contributed by atoms with E-state index in [0.717, 1.165) is 55.2 Å². The number of aromatic nitrogens is 4. The fourth-order valence-corrected chi connectivity index (χ4v) is 6.28. The lowest BCUT2D eigenvalue weighted by molar-refractivity contribution is 0.480. The molecular formula is C36H22N4O. The number of benzene rings is 6. The first-order chi connectivity index (χ1) is 20.2. The predicted octanol–water partition coefficient (Wildman–Crippen LogP) is 8.89. The van der Waals surface area contributed by atoms with Gasteiger partial charge in [0.15, 0.2) is 0 Å². The first-order valence-corrected chi connectivity index (χ1v) is 13.7. The minimum absolute atomic E-state index is 0.170. The lowest BCUT2D eigenvalue weighted by Crippen LogP contribution is -1.99. The number of hydrogen-bond acceptors (Lipinski definition) is 3. The molecule has 9 rings (SSSR count). The Morgan fingerprint density at radius 3 is 2.20 bits per heavy atom. The lowest BCUT2D eigenvalue weighted by atomic mass is 10.0. The van der Waals surface area contributed by atoms with Gasteiger partial charge in [-0.05, 0) is 47.2 Å². The lowest BCUT2D eigenvalue weighted by Gasteiger charge is -2.09. The second kappa shape index (κ2) is 8.16. The van der Waals surface area contributed by atoms with Crippen molar-refractivity contribution < 1.29 is 5.11 Å². The summed E-state index contributed by atoms with van der Waals surface area (Å²) >= 11 is 0. The van der Waals surface area contributed by atoms with Gasteiger partial charge < -0.3 is 10.1 Å². The van der Waals surface area contributed by atoms with Crippen molar-refractivity contribution in [3.05, 3.63) is 121 Å².